The summed E-state index contributed by atoms with van der Waals surface area (Å²) in [4.78, 5) is 23.1. The highest BCUT2D eigenvalue weighted by Gasteiger charge is 2.16. The quantitative estimate of drug-likeness (QED) is 0.0501. The van der Waals surface area contributed by atoms with Crippen molar-refractivity contribution in [3.05, 3.63) is 0 Å². The first-order chi connectivity index (χ1) is 25.4. The zero-order valence-electron chi connectivity index (χ0n) is 36.4. The van der Waals surface area contributed by atoms with Gasteiger partial charge in [0.1, 0.15) is 0 Å². The number of aliphatic carboxylic acids is 1. The van der Waals surface area contributed by atoms with Crippen LogP contribution in [-0.2, 0) is 14.3 Å². The second-order valence-electron chi connectivity index (χ2n) is 16.7. The molecule has 0 amide bonds. The standard InChI is InChI=1S/2C24H48O2/c1-4-5-6-7-8-9-10-11-12-13-14-15-18-21-24(25)26-22-19-16-17-20-23(2)3;1-3-5-7-9-11-12-13-14-15-16-18-20-22-23(24(25)26)21-19-17-10-8-6-4-2/h23H,4-22H2,1-3H3;23H,3-22H2,1-2H3,(H,25,26). The predicted octanol–water partition coefficient (Wildman–Crippen LogP) is 16.8. The van der Waals surface area contributed by atoms with Crippen LogP contribution in [0, 0.1) is 11.8 Å². The summed E-state index contributed by atoms with van der Waals surface area (Å²) in [5.74, 6) is 0.135. The van der Waals surface area contributed by atoms with Crippen LogP contribution in [-0.4, -0.2) is 23.7 Å². The highest BCUT2D eigenvalue weighted by molar-refractivity contribution is 5.69. The molecule has 1 atom stereocenters. The molecule has 0 aliphatic rings. The van der Waals surface area contributed by atoms with E-state index < -0.39 is 5.97 Å². The van der Waals surface area contributed by atoms with Gasteiger partial charge in [-0.25, -0.2) is 0 Å². The summed E-state index contributed by atoms with van der Waals surface area (Å²) in [6.07, 6.45) is 48.2. The van der Waals surface area contributed by atoms with Gasteiger partial charge in [-0.15, -0.1) is 0 Å². The van der Waals surface area contributed by atoms with Crippen LogP contribution in [0.5, 0.6) is 0 Å². The number of carboxylic acids is 1. The molecule has 0 aromatic carbocycles. The highest BCUT2D eigenvalue weighted by atomic mass is 16.5. The first-order valence-electron chi connectivity index (χ1n) is 23.8. The Kier molecular flexibility index (Phi) is 47.0. The van der Waals surface area contributed by atoms with E-state index >= 15 is 0 Å². The van der Waals surface area contributed by atoms with Gasteiger partial charge in [-0.05, 0) is 31.6 Å². The van der Waals surface area contributed by atoms with E-state index in [1.807, 2.05) is 0 Å². The Bertz CT molecular complexity index is 690. The first-order valence-corrected chi connectivity index (χ1v) is 23.8. The molecule has 52 heavy (non-hydrogen) atoms. The predicted molar refractivity (Wildman–Crippen MR) is 229 cm³/mol. The third-order valence-corrected chi connectivity index (χ3v) is 10.8. The van der Waals surface area contributed by atoms with Crippen molar-refractivity contribution in [2.75, 3.05) is 6.61 Å². The number of esters is 1. The van der Waals surface area contributed by atoms with Gasteiger partial charge < -0.3 is 9.84 Å². The fraction of sp³-hybridized carbons (Fsp3) is 0.958. The second-order valence-corrected chi connectivity index (χ2v) is 16.7. The van der Waals surface area contributed by atoms with Gasteiger partial charge in [-0.2, -0.15) is 0 Å². The van der Waals surface area contributed by atoms with E-state index in [4.69, 9.17) is 4.74 Å². The van der Waals surface area contributed by atoms with Crippen LogP contribution in [0.2, 0.25) is 0 Å². The molecule has 0 aliphatic carbocycles. The zero-order chi connectivity index (χ0) is 38.6. The molecule has 1 unspecified atom stereocenters. The van der Waals surface area contributed by atoms with Crippen LogP contribution in [0.3, 0.4) is 0 Å². The summed E-state index contributed by atoms with van der Waals surface area (Å²) in [5.41, 5.74) is 0. The maximum Gasteiger partial charge on any atom is 0.306 e. The Morgan fingerprint density at radius 3 is 1.02 bits per heavy atom. The zero-order valence-corrected chi connectivity index (χ0v) is 36.4. The Morgan fingerprint density at radius 1 is 0.404 bits per heavy atom. The van der Waals surface area contributed by atoms with E-state index in [-0.39, 0.29) is 11.9 Å². The Labute approximate surface area is 327 Å². The molecule has 0 bridgehead atoms. The second kappa shape index (κ2) is 46.1. The average Bonchev–Trinajstić information content (AvgIpc) is 3.12. The first kappa shape index (κ1) is 53.0. The van der Waals surface area contributed by atoms with Gasteiger partial charge in [0.2, 0.25) is 0 Å². The summed E-state index contributed by atoms with van der Waals surface area (Å²) in [6, 6.07) is 0. The SMILES string of the molecule is CCCCCCCCCCCCCCC(CCCCCCCC)C(=O)O.CCCCCCCCCCCCCCCC(=O)OCCCCCC(C)C. The van der Waals surface area contributed by atoms with Crippen LogP contribution < -0.4 is 0 Å². The molecule has 0 aromatic rings. The van der Waals surface area contributed by atoms with E-state index in [2.05, 4.69) is 34.6 Å². The minimum Gasteiger partial charge on any atom is -0.481 e. The maximum atomic E-state index is 11.7. The largest absolute Gasteiger partial charge is 0.481 e. The van der Waals surface area contributed by atoms with Crippen LogP contribution in [0.25, 0.3) is 0 Å². The topological polar surface area (TPSA) is 63.6 Å². The Balaban J connectivity index is 0. The number of ether oxygens (including phenoxy) is 1. The van der Waals surface area contributed by atoms with E-state index in [1.54, 1.807) is 0 Å². The summed E-state index contributed by atoms with van der Waals surface area (Å²) in [5, 5.41) is 9.39. The molecule has 0 fully saturated rings. The molecule has 4 nitrogen and oxygen atoms in total. The lowest BCUT2D eigenvalue weighted by molar-refractivity contribution is -0.144. The normalized spacial score (nSPS) is 11.8. The molecule has 0 saturated carbocycles. The maximum absolute atomic E-state index is 11.7. The van der Waals surface area contributed by atoms with Gasteiger partial charge in [0.15, 0.2) is 0 Å². The van der Waals surface area contributed by atoms with Crippen molar-refractivity contribution >= 4 is 11.9 Å². The van der Waals surface area contributed by atoms with Gasteiger partial charge >= 0.3 is 11.9 Å². The molecule has 0 saturated heterocycles. The molecule has 0 radical (unpaired) electrons. The third-order valence-electron chi connectivity index (χ3n) is 10.8. The lowest BCUT2D eigenvalue weighted by Crippen LogP contribution is -2.13. The number of carboxylic acid groups (broad SMARTS) is 1. The summed E-state index contributed by atoms with van der Waals surface area (Å²) in [7, 11) is 0. The van der Waals surface area contributed by atoms with Crippen LogP contribution >= 0.6 is 0 Å². The van der Waals surface area contributed by atoms with E-state index in [0.29, 0.717) is 13.0 Å². The minimum atomic E-state index is -0.568. The minimum absolute atomic E-state index is 0.0110. The number of rotatable bonds is 41. The van der Waals surface area contributed by atoms with E-state index in [0.717, 1.165) is 44.4 Å². The average molecular weight is 737 g/mol. The van der Waals surface area contributed by atoms with Crippen LogP contribution in [0.15, 0.2) is 0 Å². The monoisotopic (exact) mass is 737 g/mol. The summed E-state index contributed by atoms with van der Waals surface area (Å²) in [6.45, 7) is 11.9. The molecular weight excluding hydrogens is 641 g/mol. The van der Waals surface area contributed by atoms with Gasteiger partial charge in [0.25, 0.3) is 0 Å². The molecule has 0 aromatic heterocycles. The molecule has 312 valence electrons. The van der Waals surface area contributed by atoms with Crippen molar-refractivity contribution < 1.29 is 19.4 Å². The van der Waals surface area contributed by atoms with Crippen molar-refractivity contribution in [2.45, 2.75) is 279 Å². The van der Waals surface area contributed by atoms with E-state index in [1.165, 1.54) is 199 Å². The Hall–Kier alpha value is -1.06. The Morgan fingerprint density at radius 2 is 0.692 bits per heavy atom. The molecule has 0 heterocycles. The number of carbonyl (C=O) groups is 2. The van der Waals surface area contributed by atoms with E-state index in [9.17, 15) is 14.7 Å². The molecule has 0 aliphatic heterocycles. The lowest BCUT2D eigenvalue weighted by atomic mass is 9.94. The molecule has 4 heteroatoms. The van der Waals surface area contributed by atoms with Gasteiger partial charge in [-0.1, -0.05) is 247 Å². The fourth-order valence-electron chi connectivity index (χ4n) is 7.17. The molecular formula is C48H96O4. The summed E-state index contributed by atoms with van der Waals surface area (Å²) >= 11 is 0. The van der Waals surface area contributed by atoms with Crippen molar-refractivity contribution in [3.63, 3.8) is 0 Å². The fourth-order valence-corrected chi connectivity index (χ4v) is 7.17. The smallest absolute Gasteiger partial charge is 0.306 e. The van der Waals surface area contributed by atoms with Crippen molar-refractivity contribution in [1.82, 2.24) is 0 Å². The molecule has 1 N–H and O–H groups in total. The summed E-state index contributed by atoms with van der Waals surface area (Å²) < 4.78 is 5.32. The molecule has 0 rings (SSSR count). The van der Waals surface area contributed by atoms with Crippen LogP contribution in [0.4, 0.5) is 0 Å². The number of carbonyl (C=O) groups excluding carboxylic acids is 1. The van der Waals surface area contributed by atoms with Gasteiger partial charge in [0.05, 0.1) is 12.5 Å². The lowest BCUT2D eigenvalue weighted by Gasteiger charge is -2.12. The number of unbranched alkanes of at least 4 members (excludes halogenated alkanes) is 30. The number of hydrogen-bond acceptors (Lipinski definition) is 3. The van der Waals surface area contributed by atoms with Crippen molar-refractivity contribution in [3.8, 4) is 0 Å². The third kappa shape index (κ3) is 47.0. The van der Waals surface area contributed by atoms with Gasteiger partial charge in [0, 0.05) is 6.42 Å². The van der Waals surface area contributed by atoms with Gasteiger partial charge in [-0.3, -0.25) is 9.59 Å². The van der Waals surface area contributed by atoms with Crippen molar-refractivity contribution in [2.24, 2.45) is 11.8 Å². The van der Waals surface area contributed by atoms with Crippen molar-refractivity contribution in [1.29, 1.82) is 0 Å². The highest BCUT2D eigenvalue weighted by Crippen LogP contribution is 2.20. The van der Waals surface area contributed by atoms with Crippen LogP contribution in [0.1, 0.15) is 279 Å². The molecule has 0 spiro atoms. The number of hydrogen-bond donors (Lipinski definition) is 1.